The van der Waals surface area contributed by atoms with Gasteiger partial charge in [0.05, 0.1) is 5.69 Å². The van der Waals surface area contributed by atoms with Gasteiger partial charge in [-0.05, 0) is 72.6 Å². The van der Waals surface area contributed by atoms with Crippen molar-refractivity contribution >= 4 is 29.1 Å². The molecule has 1 aromatic carbocycles. The summed E-state index contributed by atoms with van der Waals surface area (Å²) >= 11 is 13.1. The summed E-state index contributed by atoms with van der Waals surface area (Å²) in [5.41, 5.74) is 4.47. The average molecular weight is 459 g/mol. The number of aromatic nitrogens is 3. The largest absolute Gasteiger partial charge is 0.339 e. The molecule has 0 spiro atoms. The topological polar surface area (TPSA) is 61.9 Å². The second-order valence-corrected chi connectivity index (χ2v) is 9.08. The molecule has 8 heteroatoms. The Morgan fingerprint density at radius 1 is 1.16 bits per heavy atom. The van der Waals surface area contributed by atoms with Crippen LogP contribution in [0.5, 0.6) is 0 Å². The highest BCUT2D eigenvalue weighted by Gasteiger charge is 2.38. The number of H-pyrrole nitrogens is 1. The molecule has 1 saturated heterocycles. The molecule has 1 aliphatic heterocycles. The van der Waals surface area contributed by atoms with E-state index in [4.69, 9.17) is 23.2 Å². The van der Waals surface area contributed by atoms with Crippen molar-refractivity contribution in [1.82, 2.24) is 20.1 Å². The summed E-state index contributed by atoms with van der Waals surface area (Å²) in [5.74, 6) is -0.523. The number of hydrogen-bond acceptors (Lipinski definition) is 3. The van der Waals surface area contributed by atoms with Gasteiger partial charge in [0, 0.05) is 47.0 Å². The van der Waals surface area contributed by atoms with Crippen LogP contribution in [-0.2, 0) is 24.1 Å². The number of nitrogens with zero attached hydrogens (tertiary/aromatic N) is 3. The molecule has 2 aliphatic rings. The number of carbonyl (C=O) groups is 1. The maximum Gasteiger partial charge on any atom is 0.226 e. The zero-order chi connectivity index (χ0) is 21.5. The number of carbonyl (C=O) groups excluding carboxylic acids is 1. The number of halogens is 3. The van der Waals surface area contributed by atoms with Gasteiger partial charge in [0.2, 0.25) is 11.9 Å². The molecule has 31 heavy (non-hydrogen) atoms. The van der Waals surface area contributed by atoms with Crippen LogP contribution in [0.4, 0.5) is 4.39 Å². The fraction of sp³-hybridized carbons (Fsp3) is 0.348. The van der Waals surface area contributed by atoms with Crippen molar-refractivity contribution in [1.29, 1.82) is 0 Å². The van der Waals surface area contributed by atoms with Crippen molar-refractivity contribution in [2.75, 3.05) is 6.54 Å². The van der Waals surface area contributed by atoms with Gasteiger partial charge in [0.15, 0.2) is 0 Å². The third kappa shape index (κ3) is 3.94. The van der Waals surface area contributed by atoms with Gasteiger partial charge >= 0.3 is 0 Å². The van der Waals surface area contributed by atoms with Crippen molar-refractivity contribution in [3.63, 3.8) is 0 Å². The van der Waals surface area contributed by atoms with E-state index in [9.17, 15) is 9.18 Å². The van der Waals surface area contributed by atoms with Crippen LogP contribution >= 0.6 is 23.2 Å². The Morgan fingerprint density at radius 2 is 1.97 bits per heavy atom. The number of rotatable bonds is 4. The molecule has 0 bridgehead atoms. The van der Waals surface area contributed by atoms with Gasteiger partial charge in [-0.1, -0.05) is 23.2 Å². The van der Waals surface area contributed by atoms with Gasteiger partial charge in [0.1, 0.15) is 0 Å². The molecule has 2 aromatic heterocycles. The zero-order valence-electron chi connectivity index (χ0n) is 16.7. The minimum absolute atomic E-state index is 0.134. The zero-order valence-corrected chi connectivity index (χ0v) is 18.3. The van der Waals surface area contributed by atoms with Gasteiger partial charge in [-0.15, -0.1) is 0 Å². The van der Waals surface area contributed by atoms with Crippen molar-refractivity contribution in [2.24, 2.45) is 5.92 Å². The Kier molecular flexibility index (Phi) is 5.44. The smallest absolute Gasteiger partial charge is 0.226 e. The van der Waals surface area contributed by atoms with Crippen LogP contribution in [0.25, 0.3) is 11.1 Å². The quantitative estimate of drug-likeness (QED) is 0.567. The van der Waals surface area contributed by atoms with Crippen LogP contribution in [0.2, 0.25) is 10.0 Å². The number of benzene rings is 1. The lowest BCUT2D eigenvalue weighted by Gasteiger charge is -2.31. The molecule has 1 amide bonds. The van der Waals surface area contributed by atoms with E-state index < -0.39 is 5.95 Å². The average Bonchev–Trinajstić information content (AvgIpc) is 3.36. The number of amides is 1. The Balaban J connectivity index is 1.32. The molecule has 1 N–H and O–H groups in total. The minimum atomic E-state index is -0.560. The number of aromatic amines is 1. The van der Waals surface area contributed by atoms with Crippen LogP contribution in [0.3, 0.4) is 0 Å². The van der Waals surface area contributed by atoms with Crippen LogP contribution in [0.15, 0.2) is 36.7 Å². The Labute approximate surface area is 189 Å². The van der Waals surface area contributed by atoms with E-state index in [-0.39, 0.29) is 17.9 Å². The summed E-state index contributed by atoms with van der Waals surface area (Å²) in [6, 6.07) is 6.82. The van der Waals surface area contributed by atoms with Crippen molar-refractivity contribution < 1.29 is 9.18 Å². The second kappa shape index (κ2) is 8.24. The number of fused-ring (bicyclic) bond motifs is 1. The predicted octanol–water partition coefficient (Wildman–Crippen LogP) is 4.87. The monoisotopic (exact) mass is 458 g/mol. The predicted molar refractivity (Wildman–Crippen MR) is 118 cm³/mol. The van der Waals surface area contributed by atoms with Crippen LogP contribution in [0, 0.1) is 11.9 Å². The molecule has 1 fully saturated rings. The number of aryl methyl sites for hydroxylation is 1. The molecular formula is C23H21Cl2FN4O. The molecule has 1 aliphatic carbocycles. The van der Waals surface area contributed by atoms with Gasteiger partial charge in [0.25, 0.3) is 0 Å². The normalized spacial score (nSPS) is 20.9. The lowest BCUT2D eigenvalue weighted by Crippen LogP contribution is -2.41. The van der Waals surface area contributed by atoms with E-state index in [1.165, 1.54) is 17.8 Å². The van der Waals surface area contributed by atoms with Gasteiger partial charge < -0.3 is 4.90 Å². The summed E-state index contributed by atoms with van der Waals surface area (Å²) in [7, 11) is 0. The van der Waals surface area contributed by atoms with Crippen molar-refractivity contribution in [3.8, 4) is 11.1 Å². The summed E-state index contributed by atoms with van der Waals surface area (Å²) in [6.45, 7) is 0.755. The lowest BCUT2D eigenvalue weighted by molar-refractivity contribution is -0.133. The maximum absolute atomic E-state index is 13.5. The molecule has 0 saturated carbocycles. The SMILES string of the molecule is O=C1[C@H](Cc2c(Cl)cc(-c3ccnc(F)c3)cc2Cl)CCN1[C@H]1CCc2n[nH]cc2C1. The molecule has 3 heterocycles. The first-order chi connectivity index (χ1) is 15.0. The summed E-state index contributed by atoms with van der Waals surface area (Å²) < 4.78 is 13.5. The maximum atomic E-state index is 13.5. The van der Waals surface area contributed by atoms with E-state index in [0.717, 1.165) is 49.0 Å². The fourth-order valence-corrected chi connectivity index (χ4v) is 5.41. The summed E-state index contributed by atoms with van der Waals surface area (Å²) in [6.07, 6.45) is 7.32. The Bertz CT molecular complexity index is 1130. The highest BCUT2D eigenvalue weighted by atomic mass is 35.5. The highest BCUT2D eigenvalue weighted by Crippen LogP contribution is 2.36. The van der Waals surface area contributed by atoms with E-state index in [2.05, 4.69) is 15.2 Å². The van der Waals surface area contributed by atoms with E-state index >= 15 is 0 Å². The molecule has 5 rings (SSSR count). The standard InChI is InChI=1S/C23H21Cl2FN4O/c24-19-9-15(13-3-5-27-22(26)11-13)10-20(25)18(19)8-14-4-6-30(23(14)31)17-1-2-21-16(7-17)12-28-29-21/h3,5,9-12,14,17H,1-2,4,6-8H2,(H,28,29)/t14-,17-/m0/s1. The second-order valence-electron chi connectivity index (χ2n) is 8.26. The first kappa shape index (κ1) is 20.5. The van der Waals surface area contributed by atoms with E-state index in [1.54, 1.807) is 18.2 Å². The van der Waals surface area contributed by atoms with Crippen LogP contribution in [-0.4, -0.2) is 38.6 Å². The van der Waals surface area contributed by atoms with E-state index in [0.29, 0.717) is 22.0 Å². The minimum Gasteiger partial charge on any atom is -0.339 e. The number of pyridine rings is 1. The van der Waals surface area contributed by atoms with Crippen LogP contribution in [0.1, 0.15) is 29.7 Å². The summed E-state index contributed by atoms with van der Waals surface area (Å²) in [4.78, 5) is 18.8. The number of hydrogen-bond donors (Lipinski definition) is 1. The third-order valence-electron chi connectivity index (χ3n) is 6.42. The van der Waals surface area contributed by atoms with Gasteiger partial charge in [-0.25, -0.2) is 4.98 Å². The molecule has 3 aromatic rings. The van der Waals surface area contributed by atoms with Crippen molar-refractivity contribution in [2.45, 2.75) is 38.1 Å². The molecule has 2 atom stereocenters. The first-order valence-electron chi connectivity index (χ1n) is 10.4. The first-order valence-corrected chi connectivity index (χ1v) is 11.2. The molecule has 160 valence electrons. The third-order valence-corrected chi connectivity index (χ3v) is 7.10. The molecular weight excluding hydrogens is 438 g/mol. The fourth-order valence-electron chi connectivity index (χ4n) is 4.77. The van der Waals surface area contributed by atoms with E-state index in [1.807, 2.05) is 11.1 Å². The molecule has 0 radical (unpaired) electrons. The van der Waals surface area contributed by atoms with Gasteiger partial charge in [-0.2, -0.15) is 9.49 Å². The Hall–Kier alpha value is -2.44. The molecule has 5 nitrogen and oxygen atoms in total. The van der Waals surface area contributed by atoms with Crippen LogP contribution < -0.4 is 0 Å². The summed E-state index contributed by atoms with van der Waals surface area (Å²) in [5, 5.41) is 8.19. The number of likely N-dealkylation sites (tertiary alicyclic amines) is 1. The Morgan fingerprint density at radius 3 is 2.74 bits per heavy atom. The lowest BCUT2D eigenvalue weighted by atomic mass is 9.92. The number of nitrogens with one attached hydrogen (secondary N) is 1. The molecule has 0 unspecified atom stereocenters. The van der Waals surface area contributed by atoms with Gasteiger partial charge in [-0.3, -0.25) is 9.89 Å². The highest BCUT2D eigenvalue weighted by molar-refractivity contribution is 6.36. The van der Waals surface area contributed by atoms with Crippen molar-refractivity contribution in [3.05, 3.63) is 69.5 Å².